The number of aromatic nitrogens is 1. The van der Waals surface area contributed by atoms with E-state index >= 15 is 0 Å². The predicted octanol–water partition coefficient (Wildman–Crippen LogP) is 3.43. The lowest BCUT2D eigenvalue weighted by Crippen LogP contribution is -2.28. The molecule has 0 fully saturated rings. The van der Waals surface area contributed by atoms with Gasteiger partial charge in [0.2, 0.25) is 5.78 Å². The van der Waals surface area contributed by atoms with Crippen molar-refractivity contribution in [3.8, 4) is 11.5 Å². The first kappa shape index (κ1) is 21.2. The second-order valence-electron chi connectivity index (χ2n) is 6.37. The Labute approximate surface area is 164 Å². The predicted molar refractivity (Wildman–Crippen MR) is 103 cm³/mol. The molecule has 1 N–H and O–H groups in total. The normalized spacial score (nSPS) is 11.6. The molecule has 0 spiro atoms. The van der Waals surface area contributed by atoms with Gasteiger partial charge in [-0.2, -0.15) is 0 Å². The monoisotopic (exact) mass is 387 g/mol. The van der Waals surface area contributed by atoms with Gasteiger partial charge in [-0.3, -0.25) is 9.59 Å². The average Bonchev–Trinajstić information content (AvgIpc) is 2.95. The van der Waals surface area contributed by atoms with Crippen molar-refractivity contribution in [2.45, 2.75) is 40.7 Å². The fourth-order valence-electron chi connectivity index (χ4n) is 2.95. The number of nitrogens with one attached hydrogen (secondary N) is 1. The Hall–Kier alpha value is -3.09. The largest absolute Gasteiger partial charge is 0.494 e. The van der Waals surface area contributed by atoms with Gasteiger partial charge in [0.05, 0.1) is 12.3 Å². The van der Waals surface area contributed by atoms with Crippen LogP contribution in [-0.2, 0) is 9.53 Å². The van der Waals surface area contributed by atoms with E-state index < -0.39 is 17.9 Å². The smallest absolute Gasteiger partial charge is 0.344 e. The molecule has 0 aliphatic carbocycles. The first-order valence-electron chi connectivity index (χ1n) is 9.04. The number of hydrogen-bond donors (Lipinski definition) is 1. The van der Waals surface area contributed by atoms with Crippen molar-refractivity contribution in [1.82, 2.24) is 4.98 Å². The van der Waals surface area contributed by atoms with E-state index in [0.717, 1.165) is 0 Å². The molecule has 0 unspecified atom stereocenters. The van der Waals surface area contributed by atoms with E-state index in [1.54, 1.807) is 38.1 Å². The summed E-state index contributed by atoms with van der Waals surface area (Å²) in [4.78, 5) is 39.2. The average molecular weight is 387 g/mol. The number of H-pyrrole nitrogens is 1. The summed E-state index contributed by atoms with van der Waals surface area (Å²) in [7, 11) is 0. The molecule has 0 saturated heterocycles. The number of ether oxygens (including phenoxy) is 3. The summed E-state index contributed by atoms with van der Waals surface area (Å²) in [5.74, 6) is 0.00295. The van der Waals surface area contributed by atoms with E-state index in [-0.39, 0.29) is 18.1 Å². The van der Waals surface area contributed by atoms with Gasteiger partial charge in [0.25, 0.3) is 0 Å². The molecule has 0 saturated carbocycles. The molecule has 28 heavy (non-hydrogen) atoms. The van der Waals surface area contributed by atoms with Crippen molar-refractivity contribution in [3.63, 3.8) is 0 Å². The van der Waals surface area contributed by atoms with Crippen molar-refractivity contribution < 1.29 is 28.6 Å². The maximum absolute atomic E-state index is 12.6. The van der Waals surface area contributed by atoms with Crippen LogP contribution in [0.15, 0.2) is 24.3 Å². The van der Waals surface area contributed by atoms with Gasteiger partial charge in [0.1, 0.15) is 11.5 Å². The maximum atomic E-state index is 12.6. The van der Waals surface area contributed by atoms with Crippen LogP contribution in [0.25, 0.3) is 0 Å². The highest BCUT2D eigenvalue weighted by atomic mass is 16.6. The van der Waals surface area contributed by atoms with Crippen molar-refractivity contribution in [2.24, 2.45) is 0 Å². The second kappa shape index (κ2) is 9.21. The van der Waals surface area contributed by atoms with E-state index in [9.17, 15) is 14.4 Å². The van der Waals surface area contributed by atoms with Gasteiger partial charge < -0.3 is 19.2 Å². The molecule has 0 radical (unpaired) electrons. The molecule has 2 rings (SSSR count). The first-order chi connectivity index (χ1) is 13.2. The minimum absolute atomic E-state index is 0.126. The van der Waals surface area contributed by atoms with Crippen molar-refractivity contribution in [1.29, 1.82) is 0 Å². The van der Waals surface area contributed by atoms with Gasteiger partial charge in [0, 0.05) is 11.3 Å². The third kappa shape index (κ3) is 5.00. The zero-order valence-electron chi connectivity index (χ0n) is 16.8. The van der Waals surface area contributed by atoms with Crippen LogP contribution in [0.2, 0.25) is 0 Å². The lowest BCUT2D eigenvalue weighted by molar-refractivity contribution is -0.148. The topological polar surface area (TPSA) is 94.7 Å². The van der Waals surface area contributed by atoms with Crippen LogP contribution in [0.5, 0.6) is 11.5 Å². The highest BCUT2D eigenvalue weighted by molar-refractivity contribution is 6.05. The van der Waals surface area contributed by atoms with E-state index in [1.807, 2.05) is 6.92 Å². The molecule has 7 nitrogen and oxygen atoms in total. The zero-order valence-corrected chi connectivity index (χ0v) is 16.8. The number of carbonyl (C=O) groups excluding carboxylic acids is 3. The van der Waals surface area contributed by atoms with Gasteiger partial charge in [-0.25, -0.2) is 4.79 Å². The third-order valence-electron chi connectivity index (χ3n) is 4.20. The quantitative estimate of drug-likeness (QED) is 0.523. The summed E-state index contributed by atoms with van der Waals surface area (Å²) in [5.41, 5.74) is 1.94. The molecular formula is C21H25NO6. The van der Waals surface area contributed by atoms with Crippen LogP contribution >= 0.6 is 0 Å². The molecule has 0 bridgehead atoms. The number of aromatic amines is 1. The summed E-state index contributed by atoms with van der Waals surface area (Å²) in [6.07, 6.45) is -1.01. The molecule has 150 valence electrons. The van der Waals surface area contributed by atoms with Crippen LogP contribution < -0.4 is 9.47 Å². The third-order valence-corrected chi connectivity index (χ3v) is 4.20. The van der Waals surface area contributed by atoms with Crippen molar-refractivity contribution >= 4 is 17.5 Å². The van der Waals surface area contributed by atoms with Crippen molar-refractivity contribution in [3.05, 3.63) is 46.8 Å². The molecule has 7 heteroatoms. The van der Waals surface area contributed by atoms with Crippen LogP contribution in [0.3, 0.4) is 0 Å². The summed E-state index contributed by atoms with van der Waals surface area (Å²) in [6.45, 7) is 8.47. The molecule has 1 atom stereocenters. The van der Waals surface area contributed by atoms with E-state index in [4.69, 9.17) is 14.2 Å². The Kier molecular flexibility index (Phi) is 6.98. The minimum Gasteiger partial charge on any atom is -0.494 e. The number of hydrogen-bond acceptors (Lipinski definition) is 6. The summed E-state index contributed by atoms with van der Waals surface area (Å²) in [5, 5.41) is 0. The van der Waals surface area contributed by atoms with Gasteiger partial charge in [-0.15, -0.1) is 0 Å². The summed E-state index contributed by atoms with van der Waals surface area (Å²) < 4.78 is 15.9. The number of rotatable bonds is 9. The van der Waals surface area contributed by atoms with Gasteiger partial charge in [-0.1, -0.05) is 0 Å². The number of benzene rings is 1. The summed E-state index contributed by atoms with van der Waals surface area (Å²) in [6, 6.07) is 6.83. The highest BCUT2D eigenvalue weighted by Crippen LogP contribution is 2.21. The van der Waals surface area contributed by atoms with Crippen LogP contribution in [0.1, 0.15) is 52.9 Å². The molecule has 1 aromatic carbocycles. The minimum atomic E-state index is -1.01. The fraction of sp³-hybridized carbons (Fsp3) is 0.381. The molecule has 1 aromatic heterocycles. The van der Waals surface area contributed by atoms with Crippen LogP contribution in [0, 0.1) is 13.8 Å². The number of ketones is 2. The Balaban J connectivity index is 1.94. The van der Waals surface area contributed by atoms with E-state index in [2.05, 4.69) is 4.98 Å². The Morgan fingerprint density at radius 2 is 1.61 bits per heavy atom. The zero-order chi connectivity index (χ0) is 20.8. The Bertz CT molecular complexity index is 866. The van der Waals surface area contributed by atoms with Crippen molar-refractivity contribution in [2.75, 3.05) is 13.2 Å². The highest BCUT2D eigenvalue weighted by Gasteiger charge is 2.26. The number of esters is 1. The van der Waals surface area contributed by atoms with Gasteiger partial charge >= 0.3 is 5.97 Å². The van der Waals surface area contributed by atoms with E-state index in [0.29, 0.717) is 34.9 Å². The van der Waals surface area contributed by atoms with Crippen LogP contribution in [-0.4, -0.2) is 41.8 Å². The number of carbonyl (C=O) groups is 3. The fourth-order valence-corrected chi connectivity index (χ4v) is 2.95. The summed E-state index contributed by atoms with van der Waals surface area (Å²) >= 11 is 0. The molecule has 1 heterocycles. The Morgan fingerprint density at radius 1 is 1.04 bits per heavy atom. The molecule has 0 aliphatic rings. The van der Waals surface area contributed by atoms with Gasteiger partial charge in [-0.05, 0) is 64.4 Å². The lowest BCUT2D eigenvalue weighted by Gasteiger charge is -2.13. The number of Topliss-reactive ketones (excluding diaryl/α,β-unsaturated/α-hetero) is 2. The lowest BCUT2D eigenvalue weighted by atomic mass is 10.0. The molecular weight excluding hydrogens is 362 g/mol. The van der Waals surface area contributed by atoms with E-state index in [1.165, 1.54) is 13.8 Å². The standard InChI is InChI=1S/C21H25NO6/c1-6-26-16-7-9-17(10-8-16)27-11-18(24)28-15(5)21(25)20-12(2)19(14(4)23)13(3)22-20/h7-10,15,22H,6,11H2,1-5H3/t15-/m0/s1. The second-order valence-corrected chi connectivity index (χ2v) is 6.37. The first-order valence-corrected chi connectivity index (χ1v) is 9.04. The maximum Gasteiger partial charge on any atom is 0.344 e. The van der Waals surface area contributed by atoms with Crippen LogP contribution in [0.4, 0.5) is 0 Å². The molecule has 0 aliphatic heterocycles. The number of aryl methyl sites for hydroxylation is 1. The Morgan fingerprint density at radius 3 is 2.11 bits per heavy atom. The van der Waals surface area contributed by atoms with Gasteiger partial charge in [0.15, 0.2) is 18.5 Å². The SMILES string of the molecule is CCOc1ccc(OCC(=O)O[C@@H](C)C(=O)c2[nH]c(C)c(C(C)=O)c2C)cc1. The molecule has 2 aromatic rings. The molecule has 0 amide bonds.